The van der Waals surface area contributed by atoms with Crippen LogP contribution in [-0.2, 0) is 11.8 Å². The topological polar surface area (TPSA) is 44.1 Å². The van der Waals surface area contributed by atoms with Gasteiger partial charge in [0.25, 0.3) is 0 Å². The molecule has 0 atom stereocenters. The fourth-order valence-corrected chi connectivity index (χ4v) is 2.83. The number of ether oxygens (including phenoxy) is 1. The number of nitrogens with zero attached hydrogens (tertiary/aromatic N) is 2. The van der Waals surface area contributed by atoms with E-state index in [2.05, 4.69) is 18.8 Å². The lowest BCUT2D eigenvalue weighted by atomic mass is 9.69. The van der Waals surface area contributed by atoms with E-state index >= 15 is 0 Å². The maximum atomic E-state index is 12.8. The molecule has 0 spiro atoms. The summed E-state index contributed by atoms with van der Waals surface area (Å²) < 4.78 is 7.68. The van der Waals surface area contributed by atoms with E-state index in [-0.39, 0.29) is 5.78 Å². The summed E-state index contributed by atoms with van der Waals surface area (Å²) >= 11 is 0. The summed E-state index contributed by atoms with van der Waals surface area (Å²) in [5.41, 5.74) is -0.355. The van der Waals surface area contributed by atoms with E-state index in [1.807, 2.05) is 14.0 Å². The molecular weight excluding hydrogens is 240 g/mol. The van der Waals surface area contributed by atoms with Gasteiger partial charge < -0.3 is 9.30 Å². The molecule has 2 rings (SSSR count). The summed E-state index contributed by atoms with van der Waals surface area (Å²) in [7, 11) is 1.85. The third kappa shape index (κ3) is 2.73. The highest BCUT2D eigenvalue weighted by atomic mass is 16.5. The Balaban J connectivity index is 2.26. The van der Waals surface area contributed by atoms with Gasteiger partial charge in [-0.05, 0) is 38.0 Å². The van der Waals surface area contributed by atoms with Gasteiger partial charge in [-0.3, -0.25) is 4.79 Å². The van der Waals surface area contributed by atoms with Crippen molar-refractivity contribution in [2.24, 2.45) is 12.5 Å². The number of ketones is 1. The van der Waals surface area contributed by atoms with Gasteiger partial charge in [-0.15, -0.1) is 0 Å². The van der Waals surface area contributed by atoms with Crippen molar-refractivity contribution in [3.8, 4) is 0 Å². The lowest BCUT2D eigenvalue weighted by Gasteiger charge is -2.41. The Kier molecular flexibility index (Phi) is 3.81. The summed E-state index contributed by atoms with van der Waals surface area (Å²) in [5.74, 6) is 0.547. The zero-order valence-corrected chi connectivity index (χ0v) is 12.4. The number of carbonyl (C=O) groups is 1. The largest absolute Gasteiger partial charge is 0.367 e. The number of hydrogen-bond acceptors (Lipinski definition) is 3. The van der Waals surface area contributed by atoms with Crippen molar-refractivity contribution in [1.82, 2.24) is 9.55 Å². The molecule has 0 N–H and O–H groups in total. The van der Waals surface area contributed by atoms with E-state index in [0.29, 0.717) is 17.8 Å². The first kappa shape index (κ1) is 14.3. The summed E-state index contributed by atoms with van der Waals surface area (Å²) in [5, 5.41) is 0. The second-order valence-electron chi connectivity index (χ2n) is 6.28. The molecule has 0 saturated heterocycles. The van der Waals surface area contributed by atoms with Crippen LogP contribution in [0.5, 0.6) is 0 Å². The van der Waals surface area contributed by atoms with E-state index in [4.69, 9.17) is 4.74 Å². The van der Waals surface area contributed by atoms with Gasteiger partial charge >= 0.3 is 0 Å². The van der Waals surface area contributed by atoms with Crippen LogP contribution in [-0.4, -0.2) is 27.5 Å². The zero-order chi connectivity index (χ0) is 14.1. The molecule has 1 fully saturated rings. The lowest BCUT2D eigenvalue weighted by Crippen LogP contribution is -2.47. The van der Waals surface area contributed by atoms with Crippen molar-refractivity contribution in [1.29, 1.82) is 0 Å². The Bertz CT molecular complexity index is 452. The third-order valence-corrected chi connectivity index (χ3v) is 4.27. The Morgan fingerprint density at radius 1 is 1.37 bits per heavy atom. The van der Waals surface area contributed by atoms with Crippen LogP contribution in [0.25, 0.3) is 0 Å². The SMILES string of the molecule is CCOC1(C(=O)c2nccn2C)CCC(C)(C)CC1. The maximum Gasteiger partial charge on any atom is 0.229 e. The number of rotatable bonds is 4. The van der Waals surface area contributed by atoms with Crippen LogP contribution in [0.1, 0.15) is 57.1 Å². The molecule has 0 amide bonds. The molecular formula is C15H24N2O2. The maximum absolute atomic E-state index is 12.8. The van der Waals surface area contributed by atoms with Crippen LogP contribution in [0.15, 0.2) is 12.4 Å². The summed E-state index contributed by atoms with van der Waals surface area (Å²) in [6.45, 7) is 7.03. The normalized spacial score (nSPS) is 21.3. The molecule has 106 valence electrons. The Hall–Kier alpha value is -1.16. The molecule has 1 aliphatic carbocycles. The van der Waals surface area contributed by atoms with Crippen LogP contribution < -0.4 is 0 Å². The molecule has 0 bridgehead atoms. The fourth-order valence-electron chi connectivity index (χ4n) is 2.83. The number of imidazole rings is 1. The molecule has 4 nitrogen and oxygen atoms in total. The minimum absolute atomic E-state index is 0.0392. The highest BCUT2D eigenvalue weighted by Crippen LogP contribution is 2.43. The molecule has 0 aliphatic heterocycles. The van der Waals surface area contributed by atoms with Crippen LogP contribution in [0.4, 0.5) is 0 Å². The van der Waals surface area contributed by atoms with Crippen LogP contribution >= 0.6 is 0 Å². The highest BCUT2D eigenvalue weighted by molar-refractivity contribution is 5.99. The smallest absolute Gasteiger partial charge is 0.229 e. The van der Waals surface area contributed by atoms with Crippen molar-refractivity contribution in [3.05, 3.63) is 18.2 Å². The Morgan fingerprint density at radius 3 is 2.47 bits per heavy atom. The van der Waals surface area contributed by atoms with E-state index in [9.17, 15) is 4.79 Å². The average Bonchev–Trinajstić information content (AvgIpc) is 2.78. The van der Waals surface area contributed by atoms with Gasteiger partial charge in [0, 0.05) is 26.0 Å². The summed E-state index contributed by atoms with van der Waals surface area (Å²) in [4.78, 5) is 17.0. The highest BCUT2D eigenvalue weighted by Gasteiger charge is 2.46. The standard InChI is InChI=1S/C15H24N2O2/c1-5-19-15(8-6-14(2,3)7-9-15)12(18)13-16-10-11-17(13)4/h10-11H,5-9H2,1-4H3. The first-order chi connectivity index (χ1) is 8.90. The fraction of sp³-hybridized carbons (Fsp3) is 0.733. The van der Waals surface area contributed by atoms with Crippen molar-refractivity contribution in [3.63, 3.8) is 0 Å². The van der Waals surface area contributed by atoms with E-state index in [1.165, 1.54) is 0 Å². The summed E-state index contributed by atoms with van der Waals surface area (Å²) in [6, 6.07) is 0. The molecule has 1 saturated carbocycles. The van der Waals surface area contributed by atoms with Crippen molar-refractivity contribution in [2.75, 3.05) is 6.61 Å². The molecule has 1 aliphatic rings. The van der Waals surface area contributed by atoms with Crippen molar-refractivity contribution >= 4 is 5.78 Å². The van der Waals surface area contributed by atoms with Gasteiger partial charge in [0.2, 0.25) is 5.78 Å². The van der Waals surface area contributed by atoms with Crippen LogP contribution in [0.3, 0.4) is 0 Å². The average molecular weight is 264 g/mol. The van der Waals surface area contributed by atoms with Crippen molar-refractivity contribution in [2.45, 2.75) is 52.1 Å². The molecule has 19 heavy (non-hydrogen) atoms. The first-order valence-electron chi connectivity index (χ1n) is 7.06. The summed E-state index contributed by atoms with van der Waals surface area (Å²) in [6.07, 6.45) is 7.09. The van der Waals surface area contributed by atoms with Gasteiger partial charge in [0.05, 0.1) is 0 Å². The van der Waals surface area contributed by atoms with Crippen molar-refractivity contribution < 1.29 is 9.53 Å². The number of Topliss-reactive ketones (excluding diaryl/α,β-unsaturated/α-hetero) is 1. The minimum Gasteiger partial charge on any atom is -0.367 e. The molecule has 4 heteroatoms. The Morgan fingerprint density at radius 2 is 2.00 bits per heavy atom. The predicted octanol–water partition coefficient (Wildman–Crippen LogP) is 2.98. The van der Waals surface area contributed by atoms with Gasteiger partial charge in [-0.1, -0.05) is 13.8 Å². The van der Waals surface area contributed by atoms with E-state index in [1.54, 1.807) is 17.0 Å². The monoisotopic (exact) mass is 264 g/mol. The van der Waals surface area contributed by atoms with E-state index in [0.717, 1.165) is 25.7 Å². The molecule has 0 unspecified atom stereocenters. The third-order valence-electron chi connectivity index (χ3n) is 4.27. The predicted molar refractivity (Wildman–Crippen MR) is 74.1 cm³/mol. The number of hydrogen-bond donors (Lipinski definition) is 0. The number of aryl methyl sites for hydroxylation is 1. The second kappa shape index (κ2) is 5.08. The van der Waals surface area contributed by atoms with Gasteiger partial charge in [-0.2, -0.15) is 0 Å². The van der Waals surface area contributed by atoms with Gasteiger partial charge in [0.15, 0.2) is 5.82 Å². The molecule has 1 heterocycles. The first-order valence-corrected chi connectivity index (χ1v) is 7.06. The number of carbonyl (C=O) groups excluding carboxylic acids is 1. The molecule has 0 radical (unpaired) electrons. The zero-order valence-electron chi connectivity index (χ0n) is 12.4. The number of aromatic nitrogens is 2. The Labute approximate surface area is 115 Å². The second-order valence-corrected chi connectivity index (χ2v) is 6.28. The molecule has 0 aromatic carbocycles. The molecule has 1 aromatic rings. The lowest BCUT2D eigenvalue weighted by molar-refractivity contribution is -0.0587. The van der Waals surface area contributed by atoms with Crippen LogP contribution in [0, 0.1) is 5.41 Å². The van der Waals surface area contributed by atoms with Gasteiger partial charge in [-0.25, -0.2) is 4.98 Å². The van der Waals surface area contributed by atoms with Crippen LogP contribution in [0.2, 0.25) is 0 Å². The minimum atomic E-state index is -0.663. The van der Waals surface area contributed by atoms with E-state index < -0.39 is 5.60 Å². The molecule has 1 aromatic heterocycles. The quantitative estimate of drug-likeness (QED) is 0.785. The van der Waals surface area contributed by atoms with Gasteiger partial charge in [0.1, 0.15) is 5.60 Å².